The molecule has 0 radical (unpaired) electrons. The summed E-state index contributed by atoms with van der Waals surface area (Å²) in [7, 11) is 0. The average Bonchev–Trinajstić information content (AvgIpc) is 2.12. The van der Waals surface area contributed by atoms with E-state index in [1.54, 1.807) is 16.9 Å². The molecule has 0 aromatic heterocycles. The maximum atomic E-state index is 10.6. The van der Waals surface area contributed by atoms with E-state index in [1.807, 2.05) is 12.1 Å². The van der Waals surface area contributed by atoms with E-state index in [2.05, 4.69) is 6.92 Å². The van der Waals surface area contributed by atoms with Crippen molar-refractivity contribution in [3.63, 3.8) is 0 Å². The van der Waals surface area contributed by atoms with Crippen molar-refractivity contribution in [2.24, 2.45) is 0 Å². The van der Waals surface area contributed by atoms with Crippen molar-refractivity contribution in [3.05, 3.63) is 29.8 Å². The lowest BCUT2D eigenvalue weighted by atomic mass is 10.2. The van der Waals surface area contributed by atoms with Crippen molar-refractivity contribution >= 4 is 0 Å². The van der Waals surface area contributed by atoms with Gasteiger partial charge in [-0.05, 0) is 24.1 Å². The third kappa shape index (κ3) is 9.76. The average molecular weight is 276 g/mol. The molecule has 0 saturated carbocycles. The van der Waals surface area contributed by atoms with Gasteiger partial charge in [0.2, 0.25) is 0 Å². The molecule has 0 aliphatic heterocycles. The number of alkyl halides is 6. The molecule has 0 atom stereocenters. The molecule has 1 rings (SSSR count). The molecule has 0 amide bonds. The summed E-state index contributed by atoms with van der Waals surface area (Å²) in [5.74, 6) is 0.356. The highest BCUT2D eigenvalue weighted by Gasteiger charge is 2.45. The maximum Gasteiger partial charge on any atom is 0.529 e. The SMILES string of the molecule is CCc1cccc(O)c1.FC(F)(F)OC(F)(F)F. The Morgan fingerprint density at radius 1 is 1.06 bits per heavy atom. The van der Waals surface area contributed by atoms with Gasteiger partial charge in [0.05, 0.1) is 0 Å². The van der Waals surface area contributed by atoms with Crippen LogP contribution in [0, 0.1) is 0 Å². The van der Waals surface area contributed by atoms with Gasteiger partial charge in [-0.2, -0.15) is 4.74 Å². The zero-order chi connectivity index (χ0) is 14.4. The Bertz CT molecular complexity index is 346. The molecule has 0 aliphatic carbocycles. The molecule has 2 nitrogen and oxygen atoms in total. The number of aromatic hydroxyl groups is 1. The fourth-order valence-electron chi connectivity index (χ4n) is 0.908. The molecule has 0 unspecified atom stereocenters. The van der Waals surface area contributed by atoms with Gasteiger partial charge in [0.25, 0.3) is 0 Å². The Balaban J connectivity index is 0.000000321. The predicted octanol–water partition coefficient (Wildman–Crippen LogP) is 4.00. The molecule has 1 aromatic rings. The zero-order valence-corrected chi connectivity index (χ0v) is 9.14. The Hall–Kier alpha value is -1.44. The van der Waals surface area contributed by atoms with E-state index >= 15 is 0 Å². The van der Waals surface area contributed by atoms with Crippen LogP contribution in [0.5, 0.6) is 5.75 Å². The van der Waals surface area contributed by atoms with E-state index in [0.29, 0.717) is 5.75 Å². The molecule has 1 N–H and O–H groups in total. The smallest absolute Gasteiger partial charge is 0.508 e. The molecule has 0 heterocycles. The van der Waals surface area contributed by atoms with Gasteiger partial charge in [0.15, 0.2) is 0 Å². The largest absolute Gasteiger partial charge is 0.529 e. The van der Waals surface area contributed by atoms with Gasteiger partial charge < -0.3 is 5.11 Å². The van der Waals surface area contributed by atoms with Gasteiger partial charge in [-0.25, -0.2) is 0 Å². The van der Waals surface area contributed by atoms with Crippen LogP contribution in [0.1, 0.15) is 12.5 Å². The first-order chi connectivity index (χ1) is 8.03. The third-order valence-electron chi connectivity index (χ3n) is 1.55. The number of rotatable bonds is 1. The van der Waals surface area contributed by atoms with Crippen molar-refractivity contribution < 1.29 is 36.2 Å². The Kier molecular flexibility index (Phi) is 5.96. The molecule has 0 bridgehead atoms. The van der Waals surface area contributed by atoms with Crippen LogP contribution < -0.4 is 0 Å². The molecule has 0 saturated heterocycles. The number of aryl methyl sites for hydroxylation is 1. The van der Waals surface area contributed by atoms with Crippen molar-refractivity contribution in [1.29, 1.82) is 0 Å². The summed E-state index contributed by atoms with van der Waals surface area (Å²) in [6, 6.07) is 7.31. The number of hydrogen-bond donors (Lipinski definition) is 1. The summed E-state index contributed by atoms with van der Waals surface area (Å²) < 4.78 is 65.3. The molecule has 1 aromatic carbocycles. The summed E-state index contributed by atoms with van der Waals surface area (Å²) in [5, 5.41) is 8.94. The molecular formula is C10H10F6O2. The minimum absolute atomic E-state index is 0.356. The molecule has 8 heteroatoms. The fraction of sp³-hybridized carbons (Fsp3) is 0.400. The fourth-order valence-corrected chi connectivity index (χ4v) is 0.908. The minimum Gasteiger partial charge on any atom is -0.508 e. The quantitative estimate of drug-likeness (QED) is 0.786. The lowest BCUT2D eigenvalue weighted by molar-refractivity contribution is -0.463. The van der Waals surface area contributed by atoms with Crippen molar-refractivity contribution in [3.8, 4) is 5.75 Å². The van der Waals surface area contributed by atoms with Crippen LogP contribution in [0.4, 0.5) is 26.3 Å². The van der Waals surface area contributed by atoms with Gasteiger partial charge >= 0.3 is 12.7 Å². The highest BCUT2D eigenvalue weighted by molar-refractivity contribution is 5.26. The first-order valence-electron chi connectivity index (χ1n) is 4.65. The molecule has 0 fully saturated rings. The number of phenolic OH excluding ortho intramolecular Hbond substituents is 1. The van der Waals surface area contributed by atoms with E-state index in [0.717, 1.165) is 6.42 Å². The van der Waals surface area contributed by atoms with Crippen LogP contribution in [-0.2, 0) is 11.2 Å². The normalized spacial score (nSPS) is 11.7. The first kappa shape index (κ1) is 16.6. The molecule has 104 valence electrons. The second-order valence-corrected chi connectivity index (χ2v) is 3.02. The van der Waals surface area contributed by atoms with E-state index in [9.17, 15) is 26.3 Å². The van der Waals surface area contributed by atoms with Crippen LogP contribution in [-0.4, -0.2) is 17.8 Å². The second kappa shape index (κ2) is 6.48. The Morgan fingerprint density at radius 3 is 1.78 bits per heavy atom. The van der Waals surface area contributed by atoms with Crippen molar-refractivity contribution in [2.45, 2.75) is 26.1 Å². The van der Waals surface area contributed by atoms with E-state index in [4.69, 9.17) is 5.11 Å². The van der Waals surface area contributed by atoms with Crippen molar-refractivity contribution in [1.82, 2.24) is 0 Å². The van der Waals surface area contributed by atoms with Gasteiger partial charge in [-0.1, -0.05) is 19.1 Å². The molecule has 18 heavy (non-hydrogen) atoms. The highest BCUT2D eigenvalue weighted by Crippen LogP contribution is 2.28. The summed E-state index contributed by atoms with van der Waals surface area (Å²) >= 11 is 0. The summed E-state index contributed by atoms with van der Waals surface area (Å²) in [6.45, 7) is 2.06. The first-order valence-corrected chi connectivity index (χ1v) is 4.65. The molecule has 0 aliphatic rings. The topological polar surface area (TPSA) is 29.5 Å². The predicted molar refractivity (Wildman–Crippen MR) is 50.7 cm³/mol. The highest BCUT2D eigenvalue weighted by atomic mass is 19.4. The second-order valence-electron chi connectivity index (χ2n) is 3.02. The number of phenols is 1. The summed E-state index contributed by atoms with van der Waals surface area (Å²) in [4.78, 5) is 0. The maximum absolute atomic E-state index is 10.6. The van der Waals surface area contributed by atoms with Gasteiger partial charge in [-0.3, -0.25) is 0 Å². The Morgan fingerprint density at radius 2 is 1.56 bits per heavy atom. The lowest BCUT2D eigenvalue weighted by Gasteiger charge is -2.08. The molecular weight excluding hydrogens is 266 g/mol. The number of benzene rings is 1. The monoisotopic (exact) mass is 276 g/mol. The van der Waals surface area contributed by atoms with E-state index in [-0.39, 0.29) is 0 Å². The van der Waals surface area contributed by atoms with Crippen molar-refractivity contribution in [2.75, 3.05) is 0 Å². The number of hydrogen-bond acceptors (Lipinski definition) is 2. The van der Waals surface area contributed by atoms with Crippen LogP contribution in [0.25, 0.3) is 0 Å². The lowest BCUT2D eigenvalue weighted by Crippen LogP contribution is -2.25. The van der Waals surface area contributed by atoms with Crippen LogP contribution >= 0.6 is 0 Å². The zero-order valence-electron chi connectivity index (χ0n) is 9.14. The summed E-state index contributed by atoms with van der Waals surface area (Å²) in [5.41, 5.74) is 1.18. The van der Waals surface area contributed by atoms with Gasteiger partial charge in [0.1, 0.15) is 5.75 Å². The van der Waals surface area contributed by atoms with E-state index in [1.165, 1.54) is 5.56 Å². The number of halogens is 6. The standard InChI is InChI=1S/C8H10O.C2F6O/c1-2-7-4-3-5-8(9)6-7;3-1(4,5)9-2(6,7)8/h3-6,9H,2H2,1H3;. The van der Waals surface area contributed by atoms with Crippen LogP contribution in [0.3, 0.4) is 0 Å². The minimum atomic E-state index is -5.64. The van der Waals surface area contributed by atoms with Crippen LogP contribution in [0.15, 0.2) is 24.3 Å². The number of ether oxygens (including phenoxy) is 1. The molecule has 0 spiro atoms. The van der Waals surface area contributed by atoms with Gasteiger partial charge in [0, 0.05) is 0 Å². The van der Waals surface area contributed by atoms with E-state index < -0.39 is 12.7 Å². The van der Waals surface area contributed by atoms with Crippen LogP contribution in [0.2, 0.25) is 0 Å². The summed E-state index contributed by atoms with van der Waals surface area (Å²) in [6.07, 6.45) is -10.3. The van der Waals surface area contributed by atoms with Gasteiger partial charge in [-0.15, -0.1) is 26.3 Å². The Labute approximate surface area is 98.8 Å². The third-order valence-corrected chi connectivity index (χ3v) is 1.55.